The number of ether oxygens (including phenoxy) is 1. The summed E-state index contributed by atoms with van der Waals surface area (Å²) in [5.41, 5.74) is 1.13. The fourth-order valence-electron chi connectivity index (χ4n) is 4.09. The first-order valence-electron chi connectivity index (χ1n) is 10.6. The molecule has 3 aromatic heterocycles. The van der Waals surface area contributed by atoms with E-state index < -0.39 is 29.7 Å². The number of benzene rings is 1. The number of nitrogens with zero attached hydrogens (tertiary/aromatic N) is 5. The molecule has 0 spiro atoms. The third-order valence-corrected chi connectivity index (χ3v) is 5.84. The summed E-state index contributed by atoms with van der Waals surface area (Å²) in [7, 11) is 1.52. The Morgan fingerprint density at radius 3 is 2.74 bits per heavy atom. The predicted molar refractivity (Wildman–Crippen MR) is 118 cm³/mol. The fourth-order valence-corrected chi connectivity index (χ4v) is 4.09. The molecule has 2 atom stereocenters. The van der Waals surface area contributed by atoms with Crippen molar-refractivity contribution in [3.05, 3.63) is 66.2 Å². The summed E-state index contributed by atoms with van der Waals surface area (Å²) >= 11 is 0. The van der Waals surface area contributed by atoms with E-state index in [-0.39, 0.29) is 29.3 Å². The van der Waals surface area contributed by atoms with Gasteiger partial charge in [0.15, 0.2) is 23.1 Å². The molecule has 1 aromatic carbocycles. The number of rotatable bonds is 5. The molecule has 0 amide bonds. The van der Waals surface area contributed by atoms with E-state index in [0.29, 0.717) is 18.8 Å². The zero-order valence-corrected chi connectivity index (χ0v) is 18.1. The largest absolute Gasteiger partial charge is 0.481 e. The van der Waals surface area contributed by atoms with E-state index in [1.54, 1.807) is 30.6 Å². The van der Waals surface area contributed by atoms with Crippen LogP contribution in [0.1, 0.15) is 6.42 Å². The highest BCUT2D eigenvalue weighted by atomic mass is 19.2. The van der Waals surface area contributed by atoms with Crippen LogP contribution < -0.4 is 15.0 Å². The van der Waals surface area contributed by atoms with Crippen LogP contribution in [0.15, 0.2) is 48.8 Å². The topological polar surface area (TPSA) is 67.6 Å². The Morgan fingerprint density at radius 2 is 1.94 bits per heavy atom. The van der Waals surface area contributed by atoms with Crippen LogP contribution in [0.25, 0.3) is 16.8 Å². The quantitative estimate of drug-likeness (QED) is 0.346. The van der Waals surface area contributed by atoms with Gasteiger partial charge in [-0.3, -0.25) is 0 Å². The van der Waals surface area contributed by atoms with E-state index in [2.05, 4.69) is 20.4 Å². The third-order valence-electron chi connectivity index (χ3n) is 5.84. The number of piperidine rings is 1. The average molecular weight is 472 g/mol. The summed E-state index contributed by atoms with van der Waals surface area (Å²) in [6.07, 6.45) is 2.45. The SMILES string of the molecule is COc1cc(N2CCC(Nc3nc4c(-c5ccc(F)c(F)c5F)cccn4n3)[C@@H](F)C2)ccn1. The second kappa shape index (κ2) is 8.81. The van der Waals surface area contributed by atoms with Gasteiger partial charge in [-0.2, -0.15) is 4.98 Å². The molecule has 1 aliphatic heterocycles. The van der Waals surface area contributed by atoms with Crippen molar-refractivity contribution in [3.8, 4) is 17.0 Å². The van der Waals surface area contributed by atoms with Gasteiger partial charge < -0.3 is 15.0 Å². The van der Waals surface area contributed by atoms with Gasteiger partial charge in [-0.1, -0.05) is 0 Å². The van der Waals surface area contributed by atoms with Gasteiger partial charge in [0.1, 0.15) is 6.17 Å². The molecule has 0 aliphatic carbocycles. The monoisotopic (exact) mass is 472 g/mol. The van der Waals surface area contributed by atoms with E-state index in [9.17, 15) is 13.2 Å². The Morgan fingerprint density at radius 1 is 1.09 bits per heavy atom. The van der Waals surface area contributed by atoms with Crippen molar-refractivity contribution >= 4 is 17.3 Å². The average Bonchev–Trinajstić information content (AvgIpc) is 3.27. The molecule has 1 saturated heterocycles. The number of hydrogen-bond donors (Lipinski definition) is 1. The summed E-state index contributed by atoms with van der Waals surface area (Å²) in [6, 6.07) is 8.12. The van der Waals surface area contributed by atoms with Gasteiger partial charge in [-0.25, -0.2) is 27.1 Å². The Labute approximate surface area is 192 Å². The minimum atomic E-state index is -1.56. The van der Waals surface area contributed by atoms with Crippen LogP contribution in [0.5, 0.6) is 5.88 Å². The van der Waals surface area contributed by atoms with Gasteiger partial charge in [0.2, 0.25) is 11.8 Å². The van der Waals surface area contributed by atoms with Crippen molar-refractivity contribution < 1.29 is 22.3 Å². The molecule has 5 rings (SSSR count). The fraction of sp³-hybridized carbons (Fsp3) is 0.261. The van der Waals surface area contributed by atoms with E-state index in [1.165, 1.54) is 17.7 Å². The Bertz CT molecular complexity index is 1350. The van der Waals surface area contributed by atoms with Crippen LogP contribution in [0.4, 0.5) is 29.2 Å². The minimum Gasteiger partial charge on any atom is -0.481 e. The second-order valence-electron chi connectivity index (χ2n) is 7.91. The van der Waals surface area contributed by atoms with Crippen LogP contribution in [-0.4, -0.2) is 52.0 Å². The van der Waals surface area contributed by atoms with Gasteiger partial charge in [0.25, 0.3) is 0 Å². The molecular weight excluding hydrogens is 452 g/mol. The second-order valence-corrected chi connectivity index (χ2v) is 7.91. The molecule has 1 aliphatic rings. The predicted octanol–water partition coefficient (Wildman–Crippen LogP) is 4.25. The van der Waals surface area contributed by atoms with Gasteiger partial charge in [0.05, 0.1) is 19.7 Å². The molecule has 1 unspecified atom stereocenters. The van der Waals surface area contributed by atoms with Crippen molar-refractivity contribution in [1.29, 1.82) is 0 Å². The highest BCUT2D eigenvalue weighted by Crippen LogP contribution is 2.30. The summed E-state index contributed by atoms with van der Waals surface area (Å²) < 4.78 is 63.1. The molecule has 1 N–H and O–H groups in total. The van der Waals surface area contributed by atoms with Gasteiger partial charge in [-0.05, 0) is 36.8 Å². The highest BCUT2D eigenvalue weighted by molar-refractivity contribution is 5.78. The number of hydrogen-bond acceptors (Lipinski definition) is 6. The smallest absolute Gasteiger partial charge is 0.243 e. The lowest BCUT2D eigenvalue weighted by molar-refractivity contribution is 0.263. The van der Waals surface area contributed by atoms with Crippen LogP contribution in [-0.2, 0) is 0 Å². The van der Waals surface area contributed by atoms with Crippen molar-refractivity contribution in [2.45, 2.75) is 18.6 Å². The molecule has 11 heteroatoms. The molecule has 176 valence electrons. The standard InChI is InChI=1S/C23H20F4N6O/c1-34-19-11-13(6-8-28-19)32-10-7-18(17(25)12-32)29-23-30-22-15(3-2-9-33(22)31-23)14-4-5-16(24)21(27)20(14)26/h2-6,8-9,11,17-18H,7,10,12H2,1H3,(H,29,31)/t17-,18?/m0/s1. The molecule has 4 heterocycles. The Balaban J connectivity index is 1.36. The number of pyridine rings is 2. The third kappa shape index (κ3) is 3.97. The van der Waals surface area contributed by atoms with Gasteiger partial charge >= 0.3 is 0 Å². The highest BCUT2D eigenvalue weighted by Gasteiger charge is 2.30. The van der Waals surface area contributed by atoms with Crippen LogP contribution in [0.3, 0.4) is 0 Å². The first-order valence-corrected chi connectivity index (χ1v) is 10.6. The molecule has 4 aromatic rings. The maximum atomic E-state index is 15.0. The minimum absolute atomic E-state index is 0.145. The number of anilines is 2. The lowest BCUT2D eigenvalue weighted by Gasteiger charge is -2.36. The lowest BCUT2D eigenvalue weighted by Crippen LogP contribution is -2.48. The lowest BCUT2D eigenvalue weighted by atomic mass is 10.0. The summed E-state index contributed by atoms with van der Waals surface area (Å²) in [5.74, 6) is -3.54. The molecule has 7 nitrogen and oxygen atoms in total. The number of alkyl halides is 1. The number of nitrogens with one attached hydrogen (secondary N) is 1. The Kier molecular flexibility index (Phi) is 5.68. The van der Waals surface area contributed by atoms with Gasteiger partial charge in [0, 0.05) is 41.8 Å². The number of fused-ring (bicyclic) bond motifs is 1. The molecule has 1 fully saturated rings. The van der Waals surface area contributed by atoms with Crippen molar-refractivity contribution in [1.82, 2.24) is 19.6 Å². The number of halogens is 4. The van der Waals surface area contributed by atoms with E-state index in [4.69, 9.17) is 4.74 Å². The van der Waals surface area contributed by atoms with Crippen molar-refractivity contribution in [3.63, 3.8) is 0 Å². The van der Waals surface area contributed by atoms with Crippen molar-refractivity contribution in [2.75, 3.05) is 30.4 Å². The zero-order chi connectivity index (χ0) is 23.8. The molecule has 0 saturated carbocycles. The molecule has 0 radical (unpaired) electrons. The molecule has 34 heavy (non-hydrogen) atoms. The number of methoxy groups -OCH3 is 1. The van der Waals surface area contributed by atoms with Crippen LogP contribution in [0.2, 0.25) is 0 Å². The van der Waals surface area contributed by atoms with E-state index in [1.807, 2.05) is 4.90 Å². The zero-order valence-electron chi connectivity index (χ0n) is 18.1. The van der Waals surface area contributed by atoms with Crippen LogP contribution in [0, 0.1) is 17.5 Å². The first-order chi connectivity index (χ1) is 16.4. The molecule has 0 bridgehead atoms. The summed E-state index contributed by atoms with van der Waals surface area (Å²) in [5, 5.41) is 7.31. The normalized spacial score (nSPS) is 18.3. The summed E-state index contributed by atoms with van der Waals surface area (Å²) in [6.45, 7) is 0.744. The van der Waals surface area contributed by atoms with E-state index >= 15 is 4.39 Å². The maximum absolute atomic E-state index is 15.0. The van der Waals surface area contributed by atoms with E-state index in [0.717, 1.165) is 17.8 Å². The summed E-state index contributed by atoms with van der Waals surface area (Å²) in [4.78, 5) is 10.3. The van der Waals surface area contributed by atoms with Crippen LogP contribution >= 0.6 is 0 Å². The van der Waals surface area contributed by atoms with Gasteiger partial charge in [-0.15, -0.1) is 5.10 Å². The maximum Gasteiger partial charge on any atom is 0.243 e. The Hall–Kier alpha value is -3.89. The molecular formula is C23H20F4N6O. The van der Waals surface area contributed by atoms with Crippen molar-refractivity contribution in [2.24, 2.45) is 0 Å². The first kappa shape index (κ1) is 21.9. The number of aromatic nitrogens is 4.